The molecule has 0 radical (unpaired) electrons. The van der Waals surface area contributed by atoms with Gasteiger partial charge in [0.15, 0.2) is 0 Å². The van der Waals surface area contributed by atoms with E-state index in [0.717, 1.165) is 6.42 Å². The molecule has 86 valence electrons. The van der Waals surface area contributed by atoms with Gasteiger partial charge in [-0.2, -0.15) is 0 Å². The van der Waals surface area contributed by atoms with Gasteiger partial charge in [0.05, 0.1) is 0 Å². The maximum Gasteiger partial charge on any atom is -0.00725 e. The second kappa shape index (κ2) is 5.01. The lowest BCUT2D eigenvalue weighted by molar-refractivity contribution is 1.15. The quantitative estimate of drug-likeness (QED) is 0.655. The first kappa shape index (κ1) is 11.7. The van der Waals surface area contributed by atoms with Crippen LogP contribution in [-0.4, -0.2) is 0 Å². The van der Waals surface area contributed by atoms with Gasteiger partial charge in [0.25, 0.3) is 0 Å². The topological polar surface area (TPSA) is 0 Å². The summed E-state index contributed by atoms with van der Waals surface area (Å²) in [7, 11) is 0. The molecule has 0 heteroatoms. The molecule has 0 aliphatic rings. The molecule has 2 aromatic carbocycles. The van der Waals surface area contributed by atoms with E-state index < -0.39 is 0 Å². The molecule has 0 amide bonds. The molecule has 0 aliphatic carbocycles. The van der Waals surface area contributed by atoms with Gasteiger partial charge in [0, 0.05) is 0 Å². The Labute approximate surface area is 104 Å². The minimum absolute atomic E-state index is 0.968. The molecule has 2 rings (SSSR count). The van der Waals surface area contributed by atoms with E-state index in [1.165, 1.54) is 27.8 Å². The Morgan fingerprint density at radius 1 is 1.06 bits per heavy atom. The summed E-state index contributed by atoms with van der Waals surface area (Å²) in [5.41, 5.74) is 6.48. The number of rotatable bonds is 3. The van der Waals surface area contributed by atoms with Gasteiger partial charge in [-0.05, 0) is 42.5 Å². The highest BCUT2D eigenvalue weighted by molar-refractivity contribution is 5.67. The largest absolute Gasteiger partial charge is 0.0998 e. The van der Waals surface area contributed by atoms with Crippen molar-refractivity contribution >= 4 is 0 Å². The van der Waals surface area contributed by atoms with E-state index in [1.54, 1.807) is 0 Å². The molecule has 0 unspecified atom stereocenters. The maximum absolute atomic E-state index is 3.96. The van der Waals surface area contributed by atoms with E-state index in [0.29, 0.717) is 0 Å². The zero-order valence-corrected chi connectivity index (χ0v) is 10.5. The van der Waals surface area contributed by atoms with Crippen LogP contribution in [0.4, 0.5) is 0 Å². The second-order valence-corrected chi connectivity index (χ2v) is 4.65. The third-order valence-electron chi connectivity index (χ3n) is 2.88. The predicted octanol–water partition coefficient (Wildman–Crippen LogP) is 4.78. The van der Waals surface area contributed by atoms with E-state index in [9.17, 15) is 0 Å². The Bertz CT molecular complexity index is 521. The molecular weight excluding hydrogens is 204 g/mol. The molecule has 2 aromatic rings. The van der Waals surface area contributed by atoms with Gasteiger partial charge in [-0.25, -0.2) is 0 Å². The van der Waals surface area contributed by atoms with Gasteiger partial charge >= 0.3 is 0 Å². The summed E-state index contributed by atoms with van der Waals surface area (Å²) in [6.07, 6.45) is 0.968. The lowest BCUT2D eigenvalue weighted by Crippen LogP contribution is -1.89. The van der Waals surface area contributed by atoms with Crippen LogP contribution >= 0.6 is 0 Å². The molecular formula is C17H18. The lowest BCUT2D eigenvalue weighted by atomic mass is 9.96. The van der Waals surface area contributed by atoms with Crippen LogP contribution in [0.5, 0.6) is 0 Å². The van der Waals surface area contributed by atoms with Crippen LogP contribution in [0.1, 0.15) is 18.1 Å². The Morgan fingerprint density at radius 3 is 2.35 bits per heavy atom. The first-order chi connectivity index (χ1) is 8.16. The fourth-order valence-electron chi connectivity index (χ4n) is 2.13. The summed E-state index contributed by atoms with van der Waals surface area (Å²) >= 11 is 0. The van der Waals surface area contributed by atoms with E-state index in [4.69, 9.17) is 0 Å². The Balaban J connectivity index is 2.35. The van der Waals surface area contributed by atoms with Gasteiger partial charge in [-0.15, -0.1) is 0 Å². The van der Waals surface area contributed by atoms with Crippen molar-refractivity contribution in [2.45, 2.75) is 20.3 Å². The molecule has 0 heterocycles. The van der Waals surface area contributed by atoms with Crippen molar-refractivity contribution in [2.24, 2.45) is 0 Å². The van der Waals surface area contributed by atoms with Gasteiger partial charge in [-0.3, -0.25) is 0 Å². The minimum atomic E-state index is 0.968. The van der Waals surface area contributed by atoms with Crippen molar-refractivity contribution in [1.29, 1.82) is 0 Å². The molecule has 0 spiro atoms. The number of allylic oxidation sites excluding steroid dienone is 1. The standard InChI is InChI=1S/C17H18/c1-13(2)11-15-9-10-17(14(3)12-15)16-7-5-4-6-8-16/h4-10,12H,1,11H2,2-3H3. The van der Waals surface area contributed by atoms with Gasteiger partial charge in [-0.1, -0.05) is 60.7 Å². The van der Waals surface area contributed by atoms with E-state index in [2.05, 4.69) is 62.9 Å². The third-order valence-corrected chi connectivity index (χ3v) is 2.88. The van der Waals surface area contributed by atoms with Crippen LogP contribution in [0.15, 0.2) is 60.7 Å². The van der Waals surface area contributed by atoms with Crippen LogP contribution in [0.25, 0.3) is 11.1 Å². The molecule has 0 nitrogen and oxygen atoms in total. The zero-order chi connectivity index (χ0) is 12.3. The van der Waals surface area contributed by atoms with Crippen molar-refractivity contribution in [1.82, 2.24) is 0 Å². The molecule has 0 fully saturated rings. The van der Waals surface area contributed by atoms with Gasteiger partial charge < -0.3 is 0 Å². The van der Waals surface area contributed by atoms with Crippen molar-refractivity contribution in [3.63, 3.8) is 0 Å². The Morgan fingerprint density at radius 2 is 1.76 bits per heavy atom. The van der Waals surface area contributed by atoms with E-state index in [1.807, 2.05) is 6.07 Å². The summed E-state index contributed by atoms with van der Waals surface area (Å²) in [6.45, 7) is 8.20. The smallest absolute Gasteiger partial charge is 0.00725 e. The normalized spacial score (nSPS) is 10.2. The minimum Gasteiger partial charge on any atom is -0.0998 e. The zero-order valence-electron chi connectivity index (χ0n) is 10.5. The Kier molecular flexibility index (Phi) is 3.43. The highest BCUT2D eigenvalue weighted by Crippen LogP contribution is 2.24. The van der Waals surface area contributed by atoms with Crippen molar-refractivity contribution in [2.75, 3.05) is 0 Å². The van der Waals surface area contributed by atoms with Crippen molar-refractivity contribution < 1.29 is 0 Å². The van der Waals surface area contributed by atoms with Crippen LogP contribution in [-0.2, 0) is 6.42 Å². The van der Waals surface area contributed by atoms with Crippen molar-refractivity contribution in [3.05, 3.63) is 71.8 Å². The first-order valence-corrected chi connectivity index (χ1v) is 5.96. The first-order valence-electron chi connectivity index (χ1n) is 5.96. The van der Waals surface area contributed by atoms with Crippen LogP contribution < -0.4 is 0 Å². The van der Waals surface area contributed by atoms with E-state index in [-0.39, 0.29) is 0 Å². The predicted molar refractivity (Wildman–Crippen MR) is 75.1 cm³/mol. The molecule has 17 heavy (non-hydrogen) atoms. The average molecular weight is 222 g/mol. The Hall–Kier alpha value is -1.82. The summed E-state index contributed by atoms with van der Waals surface area (Å²) < 4.78 is 0. The highest BCUT2D eigenvalue weighted by Gasteiger charge is 2.02. The van der Waals surface area contributed by atoms with Crippen LogP contribution in [0.3, 0.4) is 0 Å². The monoisotopic (exact) mass is 222 g/mol. The molecule has 0 aliphatic heterocycles. The number of hydrogen-bond acceptors (Lipinski definition) is 0. The fourth-order valence-corrected chi connectivity index (χ4v) is 2.13. The van der Waals surface area contributed by atoms with Crippen molar-refractivity contribution in [3.8, 4) is 11.1 Å². The molecule has 0 aromatic heterocycles. The third kappa shape index (κ3) is 2.85. The van der Waals surface area contributed by atoms with Crippen LogP contribution in [0, 0.1) is 6.92 Å². The van der Waals surface area contributed by atoms with Crippen LogP contribution in [0.2, 0.25) is 0 Å². The molecule has 0 atom stereocenters. The summed E-state index contributed by atoms with van der Waals surface area (Å²) in [5, 5.41) is 0. The average Bonchev–Trinajstić information content (AvgIpc) is 2.29. The van der Waals surface area contributed by atoms with Gasteiger partial charge in [0.1, 0.15) is 0 Å². The summed E-state index contributed by atoms with van der Waals surface area (Å²) in [5.74, 6) is 0. The number of aryl methyl sites for hydroxylation is 1. The lowest BCUT2D eigenvalue weighted by Gasteiger charge is -2.09. The van der Waals surface area contributed by atoms with E-state index >= 15 is 0 Å². The highest BCUT2D eigenvalue weighted by atomic mass is 14.1. The SMILES string of the molecule is C=C(C)Cc1ccc(-c2ccccc2)c(C)c1. The number of benzene rings is 2. The summed E-state index contributed by atoms with van der Waals surface area (Å²) in [4.78, 5) is 0. The molecule has 0 saturated carbocycles. The summed E-state index contributed by atoms with van der Waals surface area (Å²) in [6, 6.07) is 17.2. The molecule has 0 saturated heterocycles. The molecule has 0 N–H and O–H groups in total. The fraction of sp³-hybridized carbons (Fsp3) is 0.176. The molecule has 0 bridgehead atoms. The maximum atomic E-state index is 3.96. The second-order valence-electron chi connectivity index (χ2n) is 4.65. The number of hydrogen-bond donors (Lipinski definition) is 0. The van der Waals surface area contributed by atoms with Gasteiger partial charge in [0.2, 0.25) is 0 Å².